The van der Waals surface area contributed by atoms with E-state index >= 15 is 0 Å². The maximum absolute atomic E-state index is 12.9. The third-order valence-corrected chi connectivity index (χ3v) is 5.39. The summed E-state index contributed by atoms with van der Waals surface area (Å²) in [7, 11) is 0. The number of anilines is 2. The van der Waals surface area contributed by atoms with Crippen LogP contribution >= 0.6 is 0 Å². The van der Waals surface area contributed by atoms with Gasteiger partial charge in [0.15, 0.2) is 0 Å². The fourth-order valence-corrected chi connectivity index (χ4v) is 3.85. The highest BCUT2D eigenvalue weighted by Gasteiger charge is 2.36. The molecule has 1 aliphatic heterocycles. The molecule has 0 bridgehead atoms. The van der Waals surface area contributed by atoms with Gasteiger partial charge in [0.05, 0.1) is 5.92 Å². The van der Waals surface area contributed by atoms with Crippen molar-refractivity contribution < 1.29 is 9.59 Å². The van der Waals surface area contributed by atoms with E-state index in [1.165, 1.54) is 5.56 Å². The molecule has 1 heterocycles. The molecule has 1 N–H and O–H groups in total. The second-order valence-electron chi connectivity index (χ2n) is 7.34. The van der Waals surface area contributed by atoms with Crippen molar-refractivity contribution in [2.45, 2.75) is 47.0 Å². The third-order valence-electron chi connectivity index (χ3n) is 5.39. The number of para-hydroxylation sites is 1. The minimum atomic E-state index is -0.326. The van der Waals surface area contributed by atoms with Gasteiger partial charge in [-0.05, 0) is 49.4 Å². The van der Waals surface area contributed by atoms with Gasteiger partial charge in [-0.15, -0.1) is 0 Å². The van der Waals surface area contributed by atoms with Gasteiger partial charge in [0, 0.05) is 24.3 Å². The highest BCUT2D eigenvalue weighted by Crippen LogP contribution is 2.30. The predicted molar refractivity (Wildman–Crippen MR) is 110 cm³/mol. The van der Waals surface area contributed by atoms with Crippen LogP contribution in [0.15, 0.2) is 36.4 Å². The first-order valence-electron chi connectivity index (χ1n) is 9.73. The van der Waals surface area contributed by atoms with Crippen LogP contribution < -0.4 is 10.2 Å². The molecule has 0 saturated carbocycles. The minimum absolute atomic E-state index is 0.0154. The fourth-order valence-electron chi connectivity index (χ4n) is 3.85. The van der Waals surface area contributed by atoms with Crippen LogP contribution in [0.5, 0.6) is 0 Å². The van der Waals surface area contributed by atoms with Gasteiger partial charge in [0.1, 0.15) is 0 Å². The number of nitrogens with one attached hydrogen (secondary N) is 1. The number of aryl methyl sites for hydroxylation is 4. The molecule has 1 fully saturated rings. The maximum Gasteiger partial charge on any atom is 0.229 e. The van der Waals surface area contributed by atoms with E-state index in [2.05, 4.69) is 37.4 Å². The number of carbonyl (C=O) groups is 2. The number of rotatable bonds is 5. The molecular weight excluding hydrogens is 336 g/mol. The molecule has 0 aliphatic carbocycles. The van der Waals surface area contributed by atoms with Gasteiger partial charge < -0.3 is 10.2 Å². The van der Waals surface area contributed by atoms with Gasteiger partial charge in [-0.25, -0.2) is 0 Å². The zero-order valence-corrected chi connectivity index (χ0v) is 16.6. The van der Waals surface area contributed by atoms with Crippen molar-refractivity contribution in [2.24, 2.45) is 5.92 Å². The second-order valence-corrected chi connectivity index (χ2v) is 7.34. The topological polar surface area (TPSA) is 49.4 Å². The van der Waals surface area contributed by atoms with Crippen molar-refractivity contribution in [2.75, 3.05) is 16.8 Å². The Morgan fingerprint density at radius 1 is 1.11 bits per heavy atom. The molecule has 27 heavy (non-hydrogen) atoms. The van der Waals surface area contributed by atoms with Gasteiger partial charge in [0.2, 0.25) is 11.8 Å². The Hall–Kier alpha value is -2.62. The highest BCUT2D eigenvalue weighted by molar-refractivity contribution is 6.04. The lowest BCUT2D eigenvalue weighted by Crippen LogP contribution is -2.29. The van der Waals surface area contributed by atoms with Gasteiger partial charge in [0.25, 0.3) is 0 Å². The Kier molecular flexibility index (Phi) is 5.64. The van der Waals surface area contributed by atoms with Crippen molar-refractivity contribution in [1.82, 2.24) is 0 Å². The first-order chi connectivity index (χ1) is 12.9. The summed E-state index contributed by atoms with van der Waals surface area (Å²) in [5.74, 6) is -0.374. The molecule has 1 unspecified atom stereocenters. The summed E-state index contributed by atoms with van der Waals surface area (Å²) in [6.07, 6.45) is 1.98. The Morgan fingerprint density at radius 2 is 1.78 bits per heavy atom. The number of hydrogen-bond acceptors (Lipinski definition) is 2. The van der Waals surface area contributed by atoms with Gasteiger partial charge in [-0.2, -0.15) is 0 Å². The van der Waals surface area contributed by atoms with E-state index in [9.17, 15) is 9.59 Å². The van der Waals surface area contributed by atoms with Crippen molar-refractivity contribution in [3.63, 3.8) is 0 Å². The molecule has 4 nitrogen and oxygen atoms in total. The van der Waals surface area contributed by atoms with E-state index in [4.69, 9.17) is 0 Å². The quantitative estimate of drug-likeness (QED) is 0.854. The maximum atomic E-state index is 12.9. The number of benzene rings is 2. The first kappa shape index (κ1) is 19.2. The Labute approximate surface area is 161 Å². The average Bonchev–Trinajstić information content (AvgIpc) is 3.03. The summed E-state index contributed by atoms with van der Waals surface area (Å²) in [6, 6.07) is 12.2. The minimum Gasteiger partial charge on any atom is -0.325 e. The van der Waals surface area contributed by atoms with Crippen LogP contribution in [0.4, 0.5) is 11.4 Å². The van der Waals surface area contributed by atoms with E-state index in [-0.39, 0.29) is 24.2 Å². The molecule has 2 amide bonds. The molecule has 142 valence electrons. The van der Waals surface area contributed by atoms with Gasteiger partial charge >= 0.3 is 0 Å². The second kappa shape index (κ2) is 7.95. The first-order valence-corrected chi connectivity index (χ1v) is 9.73. The van der Waals surface area contributed by atoms with Crippen LogP contribution in [0.2, 0.25) is 0 Å². The van der Waals surface area contributed by atoms with Crippen LogP contribution in [0.3, 0.4) is 0 Å². The fraction of sp³-hybridized carbons (Fsp3) is 0.391. The lowest BCUT2D eigenvalue weighted by atomic mass is 10.0. The number of hydrogen-bond donors (Lipinski definition) is 1. The van der Waals surface area contributed by atoms with Gasteiger partial charge in [-0.3, -0.25) is 9.59 Å². The summed E-state index contributed by atoms with van der Waals surface area (Å²) < 4.78 is 0. The van der Waals surface area contributed by atoms with Crippen LogP contribution in [-0.2, 0) is 22.4 Å². The van der Waals surface area contributed by atoms with E-state index in [0.29, 0.717) is 6.54 Å². The van der Waals surface area contributed by atoms with E-state index in [0.717, 1.165) is 40.9 Å². The van der Waals surface area contributed by atoms with Crippen LogP contribution in [0, 0.1) is 19.8 Å². The van der Waals surface area contributed by atoms with Crippen molar-refractivity contribution in [1.29, 1.82) is 0 Å². The van der Waals surface area contributed by atoms with Gasteiger partial charge in [-0.1, -0.05) is 49.7 Å². The zero-order valence-electron chi connectivity index (χ0n) is 16.6. The molecule has 0 aromatic heterocycles. The lowest BCUT2D eigenvalue weighted by molar-refractivity contribution is -0.122. The van der Waals surface area contributed by atoms with E-state index in [1.54, 1.807) is 4.90 Å². The molecule has 0 spiro atoms. The molecule has 2 aromatic rings. The summed E-state index contributed by atoms with van der Waals surface area (Å²) in [5.41, 5.74) is 6.33. The smallest absolute Gasteiger partial charge is 0.229 e. The summed E-state index contributed by atoms with van der Waals surface area (Å²) >= 11 is 0. The molecule has 3 rings (SSSR count). The standard InChI is InChI=1S/C23H28N2O2/c1-5-17-8-7-9-18(6-2)22(17)24-23(27)19-13-21(26)25(14-19)20-11-10-15(3)12-16(20)4/h7-12,19H,5-6,13-14H2,1-4H3,(H,24,27). The molecule has 2 aromatic carbocycles. The third kappa shape index (κ3) is 3.90. The largest absolute Gasteiger partial charge is 0.325 e. The summed E-state index contributed by atoms with van der Waals surface area (Å²) in [4.78, 5) is 27.2. The van der Waals surface area contributed by atoms with Crippen molar-refractivity contribution in [3.8, 4) is 0 Å². The average molecular weight is 364 g/mol. The molecule has 1 atom stereocenters. The van der Waals surface area contributed by atoms with Crippen LogP contribution in [0.25, 0.3) is 0 Å². The molecule has 4 heteroatoms. The monoisotopic (exact) mass is 364 g/mol. The summed E-state index contributed by atoms with van der Waals surface area (Å²) in [6.45, 7) is 8.66. The van der Waals surface area contributed by atoms with E-state index in [1.807, 2.05) is 32.0 Å². The number of amides is 2. The highest BCUT2D eigenvalue weighted by atomic mass is 16.2. The summed E-state index contributed by atoms with van der Waals surface area (Å²) in [5, 5.41) is 3.12. The van der Waals surface area contributed by atoms with E-state index < -0.39 is 0 Å². The van der Waals surface area contributed by atoms with Crippen molar-refractivity contribution >= 4 is 23.2 Å². The molecule has 1 saturated heterocycles. The molecule has 1 aliphatic rings. The predicted octanol–water partition coefficient (Wildman–Crippen LogP) is 4.42. The Bertz CT molecular complexity index is 850. The lowest BCUT2D eigenvalue weighted by Gasteiger charge is -2.20. The Morgan fingerprint density at radius 3 is 2.37 bits per heavy atom. The normalized spacial score (nSPS) is 16.7. The molecular formula is C23H28N2O2. The SMILES string of the molecule is CCc1cccc(CC)c1NC(=O)C1CC(=O)N(c2ccc(C)cc2C)C1. The zero-order chi connectivity index (χ0) is 19.6. The number of carbonyl (C=O) groups excluding carboxylic acids is 2. The molecule has 0 radical (unpaired) electrons. The van der Waals surface area contributed by atoms with Crippen molar-refractivity contribution in [3.05, 3.63) is 58.7 Å². The Balaban J connectivity index is 1.79. The van der Waals surface area contributed by atoms with Crippen LogP contribution in [0.1, 0.15) is 42.5 Å². The van der Waals surface area contributed by atoms with Crippen LogP contribution in [-0.4, -0.2) is 18.4 Å². The number of nitrogens with zero attached hydrogens (tertiary/aromatic N) is 1.